The van der Waals surface area contributed by atoms with Gasteiger partial charge in [0.1, 0.15) is 18.5 Å². The second-order valence-electron chi connectivity index (χ2n) is 6.36. The highest BCUT2D eigenvalue weighted by Gasteiger charge is 2.18. The van der Waals surface area contributed by atoms with E-state index >= 15 is 0 Å². The quantitative estimate of drug-likeness (QED) is 0.507. The van der Waals surface area contributed by atoms with E-state index in [-0.39, 0.29) is 13.0 Å². The van der Waals surface area contributed by atoms with Gasteiger partial charge in [0, 0.05) is 29.1 Å². The average Bonchev–Trinajstić information content (AvgIpc) is 3.17. The van der Waals surface area contributed by atoms with E-state index in [1.54, 1.807) is 24.3 Å². The van der Waals surface area contributed by atoms with Crippen LogP contribution in [0, 0.1) is 0 Å². The summed E-state index contributed by atoms with van der Waals surface area (Å²) in [4.78, 5) is 10.9. The molecule has 7 heteroatoms. The van der Waals surface area contributed by atoms with Gasteiger partial charge in [0.25, 0.3) is 6.47 Å². The molecule has 0 fully saturated rings. The number of carbonyl (C=O) groups excluding carboxylic acids is 1. The first-order valence-corrected chi connectivity index (χ1v) is 9.27. The normalized spacial score (nSPS) is 12.9. The number of aromatic nitrogens is 2. The highest BCUT2D eigenvalue weighted by molar-refractivity contribution is 6.30. The second-order valence-corrected chi connectivity index (χ2v) is 6.79. The van der Waals surface area contributed by atoms with Gasteiger partial charge in [-0.1, -0.05) is 41.9 Å². The number of hydrogen-bond donors (Lipinski definition) is 2. The predicted octanol–water partition coefficient (Wildman–Crippen LogP) is 3.64. The zero-order valence-corrected chi connectivity index (χ0v) is 15.9. The van der Waals surface area contributed by atoms with Crippen molar-refractivity contribution in [3.05, 3.63) is 71.4 Å². The molecule has 0 spiro atoms. The third-order valence-corrected chi connectivity index (χ3v) is 4.44. The summed E-state index contributed by atoms with van der Waals surface area (Å²) < 4.78 is 10.7. The van der Waals surface area contributed by atoms with E-state index in [1.165, 1.54) is 0 Å². The summed E-state index contributed by atoms with van der Waals surface area (Å²) in [5, 5.41) is 18.1. The molecule has 3 aromatic rings. The minimum absolute atomic E-state index is 0.0819. The lowest BCUT2D eigenvalue weighted by atomic mass is 10.1. The van der Waals surface area contributed by atoms with Gasteiger partial charge in [0.2, 0.25) is 0 Å². The Labute approximate surface area is 168 Å². The number of nitrogens with zero attached hydrogens (tertiary/aromatic N) is 1. The van der Waals surface area contributed by atoms with Gasteiger partial charge < -0.3 is 14.6 Å². The van der Waals surface area contributed by atoms with Crippen molar-refractivity contribution in [2.75, 3.05) is 6.61 Å². The van der Waals surface area contributed by atoms with E-state index in [0.29, 0.717) is 23.7 Å². The van der Waals surface area contributed by atoms with Crippen LogP contribution in [0.25, 0.3) is 11.3 Å². The lowest BCUT2D eigenvalue weighted by Gasteiger charge is -2.18. The molecule has 0 radical (unpaired) electrons. The monoisotopic (exact) mass is 400 g/mol. The van der Waals surface area contributed by atoms with Gasteiger partial charge in [-0.25, -0.2) is 0 Å². The molecule has 2 N–H and O–H groups in total. The molecule has 0 bridgehead atoms. The standard InChI is InChI=1S/C21H21ClN2O4/c22-16-6-8-19(9-7-16)27-13-18(26)12-20(28-14-25)10-17-11-21(24-23-17)15-4-2-1-3-5-15/h1-9,11,14,18,20,26H,10,12-13H2,(H,23,24). The molecule has 6 nitrogen and oxygen atoms in total. The van der Waals surface area contributed by atoms with Crippen molar-refractivity contribution < 1.29 is 19.4 Å². The van der Waals surface area contributed by atoms with Gasteiger partial charge in [0.15, 0.2) is 0 Å². The number of nitrogens with one attached hydrogen (secondary N) is 1. The van der Waals surface area contributed by atoms with Gasteiger partial charge in [-0.15, -0.1) is 0 Å². The number of ether oxygens (including phenoxy) is 2. The number of halogens is 1. The van der Waals surface area contributed by atoms with Crippen LogP contribution in [-0.2, 0) is 16.0 Å². The zero-order chi connectivity index (χ0) is 19.8. The van der Waals surface area contributed by atoms with Crippen LogP contribution in [-0.4, -0.2) is 40.6 Å². The molecule has 28 heavy (non-hydrogen) atoms. The Bertz CT molecular complexity index is 868. The molecule has 1 heterocycles. The fourth-order valence-electron chi connectivity index (χ4n) is 2.83. The highest BCUT2D eigenvalue weighted by atomic mass is 35.5. The van der Waals surface area contributed by atoms with Crippen LogP contribution in [0.3, 0.4) is 0 Å². The van der Waals surface area contributed by atoms with E-state index < -0.39 is 12.2 Å². The molecule has 0 saturated carbocycles. The minimum atomic E-state index is -0.794. The summed E-state index contributed by atoms with van der Waals surface area (Å²) in [5.41, 5.74) is 2.62. The molecule has 0 saturated heterocycles. The first kappa shape index (κ1) is 19.9. The molecule has 2 unspecified atom stereocenters. The van der Waals surface area contributed by atoms with E-state index in [1.807, 2.05) is 36.4 Å². The van der Waals surface area contributed by atoms with Crippen LogP contribution in [0.5, 0.6) is 5.75 Å². The zero-order valence-electron chi connectivity index (χ0n) is 15.1. The number of aliphatic hydroxyl groups excluding tert-OH is 1. The van der Waals surface area contributed by atoms with Gasteiger partial charge in [0.05, 0.1) is 11.8 Å². The van der Waals surface area contributed by atoms with Crippen LogP contribution >= 0.6 is 11.6 Å². The summed E-state index contributed by atoms with van der Waals surface area (Å²) >= 11 is 5.83. The van der Waals surface area contributed by atoms with Crippen molar-refractivity contribution >= 4 is 18.1 Å². The van der Waals surface area contributed by atoms with E-state index in [9.17, 15) is 9.90 Å². The molecule has 0 aliphatic heterocycles. The molecule has 3 rings (SSSR count). The second kappa shape index (κ2) is 9.92. The van der Waals surface area contributed by atoms with Crippen molar-refractivity contribution in [2.45, 2.75) is 25.0 Å². The molecular formula is C21H21ClN2O4. The number of benzene rings is 2. The molecule has 2 aromatic carbocycles. The number of carbonyl (C=O) groups is 1. The van der Waals surface area contributed by atoms with E-state index in [2.05, 4.69) is 10.2 Å². The summed E-state index contributed by atoms with van der Waals surface area (Å²) in [6.07, 6.45) is -0.634. The van der Waals surface area contributed by atoms with Crippen molar-refractivity contribution in [1.29, 1.82) is 0 Å². The fraction of sp³-hybridized carbons (Fsp3) is 0.238. The van der Waals surface area contributed by atoms with Crippen molar-refractivity contribution in [2.24, 2.45) is 0 Å². The number of aromatic amines is 1. The highest BCUT2D eigenvalue weighted by Crippen LogP contribution is 2.19. The Hall–Kier alpha value is -2.83. The van der Waals surface area contributed by atoms with Crippen molar-refractivity contribution in [3.8, 4) is 17.0 Å². The third kappa shape index (κ3) is 5.84. The molecule has 0 amide bonds. The van der Waals surface area contributed by atoms with Gasteiger partial charge >= 0.3 is 0 Å². The summed E-state index contributed by atoms with van der Waals surface area (Å²) in [6.45, 7) is 0.477. The van der Waals surface area contributed by atoms with E-state index in [0.717, 1.165) is 17.0 Å². The molecule has 0 aliphatic rings. The van der Waals surface area contributed by atoms with E-state index in [4.69, 9.17) is 21.1 Å². The summed E-state index contributed by atoms with van der Waals surface area (Å²) in [6, 6.07) is 18.6. The first-order valence-electron chi connectivity index (χ1n) is 8.89. The maximum absolute atomic E-state index is 10.9. The first-order chi connectivity index (χ1) is 13.6. The van der Waals surface area contributed by atoms with Gasteiger partial charge in [-0.3, -0.25) is 9.89 Å². The van der Waals surface area contributed by atoms with Crippen molar-refractivity contribution in [1.82, 2.24) is 10.2 Å². The Morgan fingerprint density at radius 3 is 2.61 bits per heavy atom. The Balaban J connectivity index is 1.55. The van der Waals surface area contributed by atoms with Crippen LogP contribution in [0.4, 0.5) is 0 Å². The van der Waals surface area contributed by atoms with Gasteiger partial charge in [-0.2, -0.15) is 5.10 Å². The Morgan fingerprint density at radius 1 is 1.14 bits per heavy atom. The third-order valence-electron chi connectivity index (χ3n) is 4.19. The van der Waals surface area contributed by atoms with Gasteiger partial charge in [-0.05, 0) is 30.3 Å². The van der Waals surface area contributed by atoms with Crippen LogP contribution in [0.15, 0.2) is 60.7 Å². The van der Waals surface area contributed by atoms with Crippen LogP contribution in [0.2, 0.25) is 5.02 Å². The summed E-state index contributed by atoms with van der Waals surface area (Å²) in [5.74, 6) is 0.609. The predicted molar refractivity (Wildman–Crippen MR) is 106 cm³/mol. The lowest BCUT2D eigenvalue weighted by Crippen LogP contribution is -2.27. The lowest BCUT2D eigenvalue weighted by molar-refractivity contribution is -0.135. The molecular weight excluding hydrogens is 380 g/mol. The minimum Gasteiger partial charge on any atom is -0.491 e. The molecule has 2 atom stereocenters. The largest absolute Gasteiger partial charge is 0.491 e. The number of rotatable bonds is 10. The Morgan fingerprint density at radius 2 is 1.89 bits per heavy atom. The number of aliphatic hydroxyl groups is 1. The molecule has 0 aliphatic carbocycles. The molecule has 1 aromatic heterocycles. The smallest absolute Gasteiger partial charge is 0.293 e. The Kier molecular flexibility index (Phi) is 7.06. The fourth-order valence-corrected chi connectivity index (χ4v) is 2.95. The number of hydrogen-bond acceptors (Lipinski definition) is 5. The van der Waals surface area contributed by atoms with Crippen LogP contribution < -0.4 is 4.74 Å². The van der Waals surface area contributed by atoms with Crippen LogP contribution in [0.1, 0.15) is 12.1 Å². The van der Waals surface area contributed by atoms with Crippen molar-refractivity contribution in [3.63, 3.8) is 0 Å². The summed E-state index contributed by atoms with van der Waals surface area (Å²) in [7, 11) is 0. The SMILES string of the molecule is O=COC(Cc1cc(-c2ccccc2)n[nH]1)CC(O)COc1ccc(Cl)cc1. The maximum atomic E-state index is 10.9. The topological polar surface area (TPSA) is 84.4 Å². The molecule has 146 valence electrons. The number of H-pyrrole nitrogens is 1. The maximum Gasteiger partial charge on any atom is 0.293 e. The average molecular weight is 401 g/mol.